The number of piperidine rings is 1. The van der Waals surface area contributed by atoms with E-state index in [0.29, 0.717) is 5.41 Å². The van der Waals surface area contributed by atoms with Gasteiger partial charge in [-0.25, -0.2) is 0 Å². The molecule has 0 aromatic carbocycles. The van der Waals surface area contributed by atoms with Crippen LogP contribution in [0, 0.1) is 5.41 Å². The van der Waals surface area contributed by atoms with Gasteiger partial charge in [-0.05, 0) is 57.7 Å². The van der Waals surface area contributed by atoms with Gasteiger partial charge in [-0.2, -0.15) is 0 Å². The quantitative estimate of drug-likeness (QED) is 0.718. The lowest BCUT2D eigenvalue weighted by atomic mass is 9.91. The van der Waals surface area contributed by atoms with Gasteiger partial charge < -0.3 is 10.6 Å². The second-order valence-corrected chi connectivity index (χ2v) is 5.04. The molecule has 0 spiro atoms. The third-order valence-corrected chi connectivity index (χ3v) is 3.98. The van der Waals surface area contributed by atoms with Crippen molar-refractivity contribution in [2.45, 2.75) is 44.6 Å². The Morgan fingerprint density at radius 1 is 1.38 bits per heavy atom. The molecule has 2 aliphatic rings. The van der Waals surface area contributed by atoms with Crippen molar-refractivity contribution in [3.05, 3.63) is 0 Å². The van der Waals surface area contributed by atoms with E-state index in [-0.39, 0.29) is 0 Å². The first-order chi connectivity index (χ1) is 6.26. The number of nitrogens with two attached hydrogens (primary N) is 1. The summed E-state index contributed by atoms with van der Waals surface area (Å²) in [4.78, 5) is 2.54. The van der Waals surface area contributed by atoms with Crippen molar-refractivity contribution >= 4 is 0 Å². The zero-order chi connectivity index (χ0) is 9.31. The molecule has 1 heterocycles. The average molecular weight is 182 g/mol. The van der Waals surface area contributed by atoms with Crippen LogP contribution in [0.5, 0.6) is 0 Å². The second-order valence-electron chi connectivity index (χ2n) is 5.04. The molecule has 76 valence electrons. The molecule has 1 aliphatic carbocycles. The van der Waals surface area contributed by atoms with Crippen LogP contribution in [0.3, 0.4) is 0 Å². The summed E-state index contributed by atoms with van der Waals surface area (Å²) in [6, 6.07) is 0.833. The predicted octanol–water partition coefficient (Wildman–Crippen LogP) is 1.60. The third-order valence-electron chi connectivity index (χ3n) is 3.98. The molecule has 0 amide bonds. The highest BCUT2D eigenvalue weighted by Gasteiger charge is 2.43. The average Bonchev–Trinajstić information content (AvgIpc) is 2.90. The van der Waals surface area contributed by atoms with E-state index in [0.717, 1.165) is 12.6 Å². The fourth-order valence-electron chi connectivity index (χ4n) is 2.57. The van der Waals surface area contributed by atoms with Gasteiger partial charge >= 0.3 is 0 Å². The highest BCUT2D eigenvalue weighted by atomic mass is 15.1. The maximum atomic E-state index is 5.81. The normalized spacial score (nSPS) is 33.2. The van der Waals surface area contributed by atoms with E-state index in [9.17, 15) is 0 Å². The van der Waals surface area contributed by atoms with Crippen LogP contribution in [-0.2, 0) is 0 Å². The minimum Gasteiger partial charge on any atom is -0.330 e. The predicted molar refractivity (Wildman–Crippen MR) is 55.6 cm³/mol. The van der Waals surface area contributed by atoms with Crippen molar-refractivity contribution in [1.29, 1.82) is 0 Å². The molecule has 1 unspecified atom stereocenters. The minimum absolute atomic E-state index is 0.566. The van der Waals surface area contributed by atoms with Gasteiger partial charge in [0.1, 0.15) is 0 Å². The molecule has 1 saturated carbocycles. The van der Waals surface area contributed by atoms with Crippen molar-refractivity contribution in [2.75, 3.05) is 20.1 Å². The lowest BCUT2D eigenvalue weighted by molar-refractivity contribution is 0.153. The third kappa shape index (κ3) is 2.05. The smallest absolute Gasteiger partial charge is 0.00979 e. The number of nitrogens with zero attached hydrogens (tertiary/aromatic N) is 1. The summed E-state index contributed by atoms with van der Waals surface area (Å²) >= 11 is 0. The van der Waals surface area contributed by atoms with Crippen molar-refractivity contribution in [3.63, 3.8) is 0 Å². The Morgan fingerprint density at radius 2 is 2.15 bits per heavy atom. The first-order valence-electron chi connectivity index (χ1n) is 5.66. The number of rotatable bonds is 3. The van der Waals surface area contributed by atoms with E-state index >= 15 is 0 Å². The van der Waals surface area contributed by atoms with E-state index in [2.05, 4.69) is 11.9 Å². The SMILES string of the molecule is CN1CCCCC1CC1(CN)CC1. The lowest BCUT2D eigenvalue weighted by Crippen LogP contribution is -2.39. The monoisotopic (exact) mass is 182 g/mol. The molecule has 0 aromatic rings. The first kappa shape index (κ1) is 9.47. The Morgan fingerprint density at radius 3 is 2.69 bits per heavy atom. The van der Waals surface area contributed by atoms with Gasteiger partial charge in [-0.15, -0.1) is 0 Å². The molecule has 13 heavy (non-hydrogen) atoms. The van der Waals surface area contributed by atoms with Gasteiger partial charge in [0.05, 0.1) is 0 Å². The highest BCUT2D eigenvalue weighted by Crippen LogP contribution is 2.49. The van der Waals surface area contributed by atoms with Crippen molar-refractivity contribution in [3.8, 4) is 0 Å². The molecule has 2 N–H and O–H groups in total. The van der Waals surface area contributed by atoms with Crippen molar-refractivity contribution in [1.82, 2.24) is 4.90 Å². The molecular weight excluding hydrogens is 160 g/mol. The summed E-state index contributed by atoms with van der Waals surface area (Å²) < 4.78 is 0. The van der Waals surface area contributed by atoms with Crippen LogP contribution in [0.4, 0.5) is 0 Å². The van der Waals surface area contributed by atoms with Crippen molar-refractivity contribution < 1.29 is 0 Å². The van der Waals surface area contributed by atoms with Gasteiger partial charge in [-0.1, -0.05) is 6.42 Å². The number of hydrogen-bond donors (Lipinski definition) is 1. The molecule has 0 radical (unpaired) electrons. The number of likely N-dealkylation sites (tertiary alicyclic amines) is 1. The Balaban J connectivity index is 1.85. The van der Waals surface area contributed by atoms with Gasteiger partial charge in [0.25, 0.3) is 0 Å². The maximum absolute atomic E-state index is 5.81. The van der Waals surface area contributed by atoms with E-state index in [1.54, 1.807) is 0 Å². The summed E-state index contributed by atoms with van der Waals surface area (Å²) in [5.41, 5.74) is 6.38. The molecular formula is C11H22N2. The fourth-order valence-corrected chi connectivity index (χ4v) is 2.57. The van der Waals surface area contributed by atoms with E-state index in [1.807, 2.05) is 0 Å². The molecule has 0 bridgehead atoms. The van der Waals surface area contributed by atoms with Gasteiger partial charge in [0.15, 0.2) is 0 Å². The topological polar surface area (TPSA) is 29.3 Å². The Bertz CT molecular complexity index is 175. The zero-order valence-electron chi connectivity index (χ0n) is 8.76. The largest absolute Gasteiger partial charge is 0.330 e. The van der Waals surface area contributed by atoms with E-state index < -0.39 is 0 Å². The fraction of sp³-hybridized carbons (Fsp3) is 1.00. The minimum atomic E-state index is 0.566. The van der Waals surface area contributed by atoms with Crippen LogP contribution >= 0.6 is 0 Å². The number of hydrogen-bond acceptors (Lipinski definition) is 2. The summed E-state index contributed by atoms with van der Waals surface area (Å²) in [5.74, 6) is 0. The van der Waals surface area contributed by atoms with Crippen LogP contribution in [0.15, 0.2) is 0 Å². The summed E-state index contributed by atoms with van der Waals surface area (Å²) in [5, 5.41) is 0. The zero-order valence-corrected chi connectivity index (χ0v) is 8.76. The van der Waals surface area contributed by atoms with Gasteiger partial charge in [0, 0.05) is 6.04 Å². The molecule has 2 fully saturated rings. The lowest BCUT2D eigenvalue weighted by Gasteiger charge is -2.34. The van der Waals surface area contributed by atoms with Crippen LogP contribution in [0.2, 0.25) is 0 Å². The van der Waals surface area contributed by atoms with Crippen LogP contribution in [0.25, 0.3) is 0 Å². The van der Waals surface area contributed by atoms with Crippen LogP contribution < -0.4 is 5.73 Å². The molecule has 1 aliphatic heterocycles. The molecule has 2 rings (SSSR count). The summed E-state index contributed by atoms with van der Waals surface area (Å²) in [6.45, 7) is 2.21. The molecule has 1 atom stereocenters. The second kappa shape index (κ2) is 3.58. The highest BCUT2D eigenvalue weighted by molar-refractivity contribution is 4.97. The molecule has 1 saturated heterocycles. The Labute approximate surface area is 81.5 Å². The van der Waals surface area contributed by atoms with Crippen molar-refractivity contribution in [2.24, 2.45) is 11.1 Å². The van der Waals surface area contributed by atoms with Gasteiger partial charge in [0.2, 0.25) is 0 Å². The van der Waals surface area contributed by atoms with Crippen LogP contribution in [-0.4, -0.2) is 31.1 Å². The molecule has 0 aromatic heterocycles. The van der Waals surface area contributed by atoms with Crippen LogP contribution in [0.1, 0.15) is 38.5 Å². The summed E-state index contributed by atoms with van der Waals surface area (Å²) in [6.07, 6.45) is 8.35. The first-order valence-corrected chi connectivity index (χ1v) is 5.66. The summed E-state index contributed by atoms with van der Waals surface area (Å²) in [7, 11) is 2.27. The molecule has 2 heteroatoms. The van der Waals surface area contributed by atoms with E-state index in [1.165, 1.54) is 45.1 Å². The maximum Gasteiger partial charge on any atom is 0.00979 e. The Kier molecular flexibility index (Phi) is 2.61. The molecule has 2 nitrogen and oxygen atoms in total. The standard InChI is InChI=1S/C11H22N2/c1-13-7-3-2-4-10(13)8-11(9-12)5-6-11/h10H,2-9,12H2,1H3. The van der Waals surface area contributed by atoms with E-state index in [4.69, 9.17) is 5.73 Å². The Hall–Kier alpha value is -0.0800. The van der Waals surface area contributed by atoms with Gasteiger partial charge in [-0.3, -0.25) is 0 Å².